The Morgan fingerprint density at radius 1 is 1.08 bits per heavy atom. The third kappa shape index (κ3) is 3.57. The number of ether oxygens (including phenoxy) is 1. The zero-order chi connectivity index (χ0) is 16.6. The lowest BCUT2D eigenvalue weighted by Crippen LogP contribution is -2.43. The Bertz CT molecular complexity index is 855. The molecule has 4 rings (SSSR count). The van der Waals surface area contributed by atoms with Gasteiger partial charge in [0.15, 0.2) is 0 Å². The predicted molar refractivity (Wildman–Crippen MR) is 102 cm³/mol. The van der Waals surface area contributed by atoms with Gasteiger partial charge in [-0.05, 0) is 68.2 Å². The van der Waals surface area contributed by atoms with Crippen LogP contribution < -0.4 is 10.1 Å². The van der Waals surface area contributed by atoms with E-state index in [2.05, 4.69) is 34.6 Å². The number of fused-ring (bicyclic) bond motifs is 1. The van der Waals surface area contributed by atoms with Gasteiger partial charge in [0.05, 0.1) is 17.1 Å². The Morgan fingerprint density at radius 3 is 2.52 bits per heavy atom. The van der Waals surface area contributed by atoms with Gasteiger partial charge in [0.1, 0.15) is 17.1 Å². The number of hydrogen-bond acceptors (Lipinski definition) is 4. The molecule has 1 fully saturated rings. The van der Waals surface area contributed by atoms with E-state index in [1.165, 1.54) is 0 Å². The Balaban J connectivity index is 0.00000182. The molecule has 0 spiro atoms. The number of halogens is 1. The van der Waals surface area contributed by atoms with Gasteiger partial charge in [-0.1, -0.05) is 12.1 Å². The molecule has 0 saturated carbocycles. The van der Waals surface area contributed by atoms with E-state index < -0.39 is 0 Å². The number of phenols is 1. The van der Waals surface area contributed by atoms with Crippen molar-refractivity contribution in [1.82, 2.24) is 15.5 Å². The van der Waals surface area contributed by atoms with Crippen molar-refractivity contribution < 1.29 is 9.84 Å². The van der Waals surface area contributed by atoms with Gasteiger partial charge in [-0.25, -0.2) is 0 Å². The number of rotatable bonds is 3. The van der Waals surface area contributed by atoms with E-state index in [-0.39, 0.29) is 23.8 Å². The largest absolute Gasteiger partial charge is 0.508 e. The van der Waals surface area contributed by atoms with Gasteiger partial charge in [-0.15, -0.1) is 12.4 Å². The predicted octanol–water partition coefficient (Wildman–Crippen LogP) is 3.88. The molecule has 132 valence electrons. The molecule has 2 heterocycles. The van der Waals surface area contributed by atoms with Crippen LogP contribution in [-0.2, 0) is 0 Å². The summed E-state index contributed by atoms with van der Waals surface area (Å²) in [7, 11) is 0. The van der Waals surface area contributed by atoms with Crippen LogP contribution in [0.5, 0.6) is 11.5 Å². The minimum atomic E-state index is -0.164. The normalized spacial score (nSPS) is 16.4. The van der Waals surface area contributed by atoms with E-state index in [1.807, 2.05) is 18.3 Å². The third-order valence-electron chi connectivity index (χ3n) is 4.74. The number of phenolic OH excluding ortho intramolecular Hbond substituents is 1. The maximum Gasteiger partial charge on any atom is 0.131 e. The first-order valence-electron chi connectivity index (χ1n) is 8.29. The quantitative estimate of drug-likeness (QED) is 0.663. The summed E-state index contributed by atoms with van der Waals surface area (Å²) in [5.41, 5.74) is 2.86. The summed E-state index contributed by atoms with van der Waals surface area (Å²) in [6.45, 7) is 4.12. The van der Waals surface area contributed by atoms with E-state index in [0.717, 1.165) is 53.7 Å². The number of nitrogens with one attached hydrogen (secondary N) is 2. The monoisotopic (exact) mass is 359 g/mol. The van der Waals surface area contributed by atoms with E-state index in [0.29, 0.717) is 0 Å². The van der Waals surface area contributed by atoms with Crippen molar-refractivity contribution in [2.45, 2.75) is 25.4 Å². The average Bonchev–Trinajstić information content (AvgIpc) is 3.05. The number of benzene rings is 2. The van der Waals surface area contributed by atoms with Gasteiger partial charge in [-0.3, -0.25) is 5.10 Å². The van der Waals surface area contributed by atoms with Crippen molar-refractivity contribution in [2.24, 2.45) is 0 Å². The van der Waals surface area contributed by atoms with E-state index >= 15 is 0 Å². The van der Waals surface area contributed by atoms with Crippen LogP contribution >= 0.6 is 12.4 Å². The molecular weight excluding hydrogens is 338 g/mol. The fraction of sp³-hybridized carbons (Fsp3) is 0.316. The molecule has 3 N–H and O–H groups in total. The number of hydrogen-bond donors (Lipinski definition) is 3. The first-order valence-corrected chi connectivity index (χ1v) is 8.29. The molecule has 1 aliphatic rings. The summed E-state index contributed by atoms with van der Waals surface area (Å²) < 4.78 is 6.45. The lowest BCUT2D eigenvalue weighted by molar-refractivity contribution is 0.0573. The topological polar surface area (TPSA) is 70.2 Å². The SMILES string of the molecule is CC1(Oc2cc(-c3ccc(O)cc3)cc3[nH]ncc23)CCNCC1.Cl. The van der Waals surface area contributed by atoms with Crippen molar-refractivity contribution in [3.05, 3.63) is 42.6 Å². The number of aromatic nitrogens is 2. The third-order valence-corrected chi connectivity index (χ3v) is 4.74. The van der Waals surface area contributed by atoms with Gasteiger partial charge < -0.3 is 15.2 Å². The van der Waals surface area contributed by atoms with Crippen molar-refractivity contribution in [3.63, 3.8) is 0 Å². The van der Waals surface area contributed by atoms with Gasteiger partial charge in [0.25, 0.3) is 0 Å². The Kier molecular flexibility index (Phi) is 4.88. The van der Waals surface area contributed by atoms with Crippen LogP contribution in [0.25, 0.3) is 22.0 Å². The summed E-state index contributed by atoms with van der Waals surface area (Å²) in [6.07, 6.45) is 3.78. The molecule has 0 amide bonds. The van der Waals surface area contributed by atoms with Crippen molar-refractivity contribution in [1.29, 1.82) is 0 Å². The number of nitrogens with zero attached hydrogens (tertiary/aromatic N) is 1. The molecular formula is C19H22ClN3O2. The van der Waals surface area contributed by atoms with Gasteiger partial charge >= 0.3 is 0 Å². The number of piperidine rings is 1. The first kappa shape index (κ1) is 17.6. The molecule has 0 bridgehead atoms. The molecule has 0 atom stereocenters. The fourth-order valence-corrected chi connectivity index (χ4v) is 3.25. The van der Waals surface area contributed by atoms with Crippen LogP contribution in [0.2, 0.25) is 0 Å². The van der Waals surface area contributed by atoms with Crippen LogP contribution in [0.15, 0.2) is 42.6 Å². The lowest BCUT2D eigenvalue weighted by atomic mass is 9.94. The van der Waals surface area contributed by atoms with Gasteiger partial charge in [-0.2, -0.15) is 5.10 Å². The van der Waals surface area contributed by atoms with Crippen molar-refractivity contribution in [2.75, 3.05) is 13.1 Å². The Labute approximate surface area is 152 Å². The molecule has 0 aliphatic carbocycles. The molecule has 2 aromatic carbocycles. The highest BCUT2D eigenvalue weighted by Crippen LogP contribution is 2.35. The maximum atomic E-state index is 9.50. The second kappa shape index (κ2) is 6.94. The molecule has 6 heteroatoms. The maximum absolute atomic E-state index is 9.50. The van der Waals surface area contributed by atoms with Crippen LogP contribution in [0, 0.1) is 0 Å². The van der Waals surface area contributed by atoms with E-state index in [4.69, 9.17) is 4.74 Å². The van der Waals surface area contributed by atoms with Gasteiger partial charge in [0.2, 0.25) is 0 Å². The van der Waals surface area contributed by atoms with Crippen LogP contribution in [-0.4, -0.2) is 34.0 Å². The first-order chi connectivity index (χ1) is 11.6. The van der Waals surface area contributed by atoms with Crippen LogP contribution in [0.4, 0.5) is 0 Å². The summed E-state index contributed by atoms with van der Waals surface area (Å²) >= 11 is 0. The van der Waals surface area contributed by atoms with Crippen LogP contribution in [0.1, 0.15) is 19.8 Å². The number of H-pyrrole nitrogens is 1. The minimum absolute atomic E-state index is 0. The second-order valence-corrected chi connectivity index (χ2v) is 6.65. The number of aromatic hydroxyl groups is 1. The zero-order valence-corrected chi connectivity index (χ0v) is 14.9. The minimum Gasteiger partial charge on any atom is -0.508 e. The molecule has 25 heavy (non-hydrogen) atoms. The molecule has 1 aromatic heterocycles. The van der Waals surface area contributed by atoms with Crippen molar-refractivity contribution >= 4 is 23.3 Å². The highest BCUT2D eigenvalue weighted by molar-refractivity contribution is 5.89. The van der Waals surface area contributed by atoms with Crippen LogP contribution in [0.3, 0.4) is 0 Å². The number of aromatic amines is 1. The van der Waals surface area contributed by atoms with Gasteiger partial charge in [0, 0.05) is 0 Å². The zero-order valence-electron chi connectivity index (χ0n) is 14.1. The summed E-state index contributed by atoms with van der Waals surface area (Å²) in [6, 6.07) is 11.3. The summed E-state index contributed by atoms with van der Waals surface area (Å²) in [4.78, 5) is 0. The van der Waals surface area contributed by atoms with E-state index in [1.54, 1.807) is 12.1 Å². The van der Waals surface area contributed by atoms with E-state index in [9.17, 15) is 5.11 Å². The smallest absolute Gasteiger partial charge is 0.131 e. The lowest BCUT2D eigenvalue weighted by Gasteiger charge is -2.35. The average molecular weight is 360 g/mol. The summed E-state index contributed by atoms with van der Waals surface area (Å²) in [5, 5.41) is 21.1. The highest BCUT2D eigenvalue weighted by atomic mass is 35.5. The Hall–Kier alpha value is -2.24. The molecule has 1 aliphatic heterocycles. The molecule has 1 saturated heterocycles. The summed E-state index contributed by atoms with van der Waals surface area (Å²) in [5.74, 6) is 1.12. The fourth-order valence-electron chi connectivity index (χ4n) is 3.25. The molecule has 0 unspecified atom stereocenters. The highest BCUT2D eigenvalue weighted by Gasteiger charge is 2.29. The molecule has 3 aromatic rings. The second-order valence-electron chi connectivity index (χ2n) is 6.65. The molecule has 0 radical (unpaired) electrons. The Morgan fingerprint density at radius 2 is 1.80 bits per heavy atom. The standard InChI is InChI=1S/C19H21N3O2.ClH/c1-19(6-8-20-9-7-19)24-18-11-14(10-17-16(18)12-21-22-17)13-2-4-15(23)5-3-13;/h2-5,10-12,20,23H,6-9H2,1H3,(H,21,22);1H. The van der Waals surface area contributed by atoms with Crippen molar-refractivity contribution in [3.8, 4) is 22.6 Å². The molecule has 5 nitrogen and oxygen atoms in total.